The molecule has 4 aromatic heterocycles. The minimum absolute atomic E-state index is 0.00692. The molecule has 0 amide bonds. The van der Waals surface area contributed by atoms with E-state index in [1.54, 1.807) is 0 Å². The number of aryl methyl sites for hydroxylation is 3. The molecule has 3 unspecified atom stereocenters. The number of hydrogen-bond donors (Lipinski definition) is 0. The molecule has 4 heteroatoms. The van der Waals surface area contributed by atoms with Gasteiger partial charge in [0.05, 0.1) is 17.5 Å². The molecule has 3 aliphatic rings. The fraction of sp³-hybridized carbons (Fsp3) is 0.240. The van der Waals surface area contributed by atoms with Crippen LogP contribution in [0.15, 0.2) is 134 Å². The zero-order chi connectivity index (χ0) is 36.9. The first-order valence-electron chi connectivity index (χ1n) is 19.4. The Bertz CT molecular complexity index is 2710. The second kappa shape index (κ2) is 11.9. The second-order valence-corrected chi connectivity index (χ2v) is 16.9. The maximum absolute atomic E-state index is 4.66. The molecule has 4 nitrogen and oxygen atoms in total. The van der Waals surface area contributed by atoms with Crippen molar-refractivity contribution in [3.05, 3.63) is 168 Å². The second-order valence-electron chi connectivity index (χ2n) is 16.9. The van der Waals surface area contributed by atoms with Crippen LogP contribution in [0.3, 0.4) is 0 Å². The lowest BCUT2D eigenvalue weighted by Crippen LogP contribution is -2.73. The minimum Gasteiger partial charge on any atom is -0.264 e. The van der Waals surface area contributed by atoms with Crippen LogP contribution in [0.1, 0.15) is 72.7 Å². The number of benzene rings is 3. The van der Waals surface area contributed by atoms with Crippen LogP contribution in [0, 0.1) is 20.8 Å². The molecule has 1 saturated carbocycles. The van der Waals surface area contributed by atoms with Crippen LogP contribution >= 0.6 is 0 Å². The molecular formula is C50H46N4+2. The maximum atomic E-state index is 4.66. The van der Waals surface area contributed by atoms with Gasteiger partial charge < -0.3 is 0 Å². The van der Waals surface area contributed by atoms with Gasteiger partial charge in [0.25, 0.3) is 0 Å². The molecule has 0 saturated heterocycles. The average Bonchev–Trinajstić information content (AvgIpc) is 3.15. The van der Waals surface area contributed by atoms with Gasteiger partial charge in [-0.1, -0.05) is 69.3 Å². The van der Waals surface area contributed by atoms with E-state index in [1.807, 2.05) is 18.6 Å². The summed E-state index contributed by atoms with van der Waals surface area (Å²) < 4.78 is 5.21. The van der Waals surface area contributed by atoms with E-state index in [1.165, 1.54) is 72.4 Å². The quantitative estimate of drug-likeness (QED) is 0.133. The molecule has 264 valence electrons. The third-order valence-electron chi connectivity index (χ3n) is 12.6. The molecule has 1 aliphatic carbocycles. The van der Waals surface area contributed by atoms with Gasteiger partial charge in [0.15, 0.2) is 18.4 Å². The van der Waals surface area contributed by atoms with E-state index in [0.29, 0.717) is 12.0 Å². The molecule has 0 radical (unpaired) electrons. The van der Waals surface area contributed by atoms with Crippen molar-refractivity contribution in [1.29, 1.82) is 0 Å². The van der Waals surface area contributed by atoms with E-state index < -0.39 is 0 Å². The summed E-state index contributed by atoms with van der Waals surface area (Å²) in [5.41, 5.74) is 17.6. The van der Waals surface area contributed by atoms with E-state index >= 15 is 0 Å². The highest BCUT2D eigenvalue weighted by Gasteiger charge is 2.68. The third kappa shape index (κ3) is 4.89. The Morgan fingerprint density at radius 3 is 2.43 bits per heavy atom. The number of aromatic nitrogens is 4. The Balaban J connectivity index is 1.17. The van der Waals surface area contributed by atoms with Crippen LogP contribution < -0.4 is 9.13 Å². The van der Waals surface area contributed by atoms with Gasteiger partial charge in [-0.15, -0.1) is 0 Å². The summed E-state index contributed by atoms with van der Waals surface area (Å²) in [4.78, 5) is 9.26. The molecule has 1 spiro atoms. The fourth-order valence-corrected chi connectivity index (χ4v) is 9.85. The topological polar surface area (TPSA) is 33.5 Å². The number of pyridine rings is 4. The SMILES string of the molecule is Cc1cc[n+]2c(c1)-c1ccccc1C1C2CC12/C=C/Cc1ccc(-c3ccc(-c4cnc(C)cc4C)c4cnccc34)cc1-c1cc(C(C)(C)C)cc[n+]12. The molecule has 54 heavy (non-hydrogen) atoms. The molecule has 3 aromatic carbocycles. The Hall–Kier alpha value is -5.74. The normalized spacial score (nSPS) is 20.1. The Labute approximate surface area is 318 Å². The smallest absolute Gasteiger partial charge is 0.213 e. The number of fused-ring (bicyclic) bond motifs is 12. The highest BCUT2D eigenvalue weighted by molar-refractivity contribution is 6.05. The third-order valence-corrected chi connectivity index (χ3v) is 12.6. The van der Waals surface area contributed by atoms with Crippen LogP contribution in [0.5, 0.6) is 0 Å². The molecular weight excluding hydrogens is 657 g/mol. The highest BCUT2D eigenvalue weighted by atomic mass is 15.2. The van der Waals surface area contributed by atoms with Gasteiger partial charge >= 0.3 is 0 Å². The number of allylic oxidation sites excluding steroid dienone is 2. The van der Waals surface area contributed by atoms with Gasteiger partial charge in [-0.3, -0.25) is 9.97 Å². The molecule has 10 rings (SSSR count). The predicted octanol–water partition coefficient (Wildman–Crippen LogP) is 10.6. The Morgan fingerprint density at radius 2 is 1.57 bits per heavy atom. The zero-order valence-electron chi connectivity index (χ0n) is 32.1. The highest BCUT2D eigenvalue weighted by Crippen LogP contribution is 2.59. The van der Waals surface area contributed by atoms with E-state index in [2.05, 4.69) is 176 Å². The van der Waals surface area contributed by atoms with Crippen molar-refractivity contribution in [2.75, 3.05) is 0 Å². The monoisotopic (exact) mass is 702 g/mol. The van der Waals surface area contributed by atoms with Crippen LogP contribution in [0.4, 0.5) is 0 Å². The van der Waals surface area contributed by atoms with Gasteiger partial charge in [-0.25, -0.2) is 0 Å². The first kappa shape index (κ1) is 32.9. The van der Waals surface area contributed by atoms with Crippen LogP contribution in [-0.4, -0.2) is 9.97 Å². The maximum Gasteiger partial charge on any atom is 0.213 e. The van der Waals surface area contributed by atoms with E-state index in [0.717, 1.165) is 29.5 Å². The summed E-state index contributed by atoms with van der Waals surface area (Å²) in [7, 11) is 0. The van der Waals surface area contributed by atoms with E-state index in [4.69, 9.17) is 0 Å². The fourth-order valence-electron chi connectivity index (χ4n) is 9.85. The lowest BCUT2D eigenvalue weighted by Gasteiger charge is -2.49. The van der Waals surface area contributed by atoms with Crippen molar-refractivity contribution in [1.82, 2.24) is 9.97 Å². The molecule has 3 atom stereocenters. The molecule has 0 N–H and O–H groups in total. The first-order valence-corrected chi connectivity index (χ1v) is 19.4. The van der Waals surface area contributed by atoms with Gasteiger partial charge in [0.2, 0.25) is 16.9 Å². The van der Waals surface area contributed by atoms with Gasteiger partial charge in [-0.05, 0) is 113 Å². The van der Waals surface area contributed by atoms with Crippen LogP contribution in [0.2, 0.25) is 0 Å². The number of nitrogens with zero attached hydrogens (tertiary/aromatic N) is 4. The summed E-state index contributed by atoms with van der Waals surface area (Å²) in [6.07, 6.45) is 17.6. The van der Waals surface area contributed by atoms with Crippen molar-refractivity contribution in [2.24, 2.45) is 0 Å². The zero-order valence-corrected chi connectivity index (χ0v) is 32.1. The van der Waals surface area contributed by atoms with Gasteiger partial charge in [-0.2, -0.15) is 9.13 Å². The summed E-state index contributed by atoms with van der Waals surface area (Å²) in [6.45, 7) is 13.4. The minimum atomic E-state index is -0.199. The summed E-state index contributed by atoms with van der Waals surface area (Å²) in [6, 6.07) is 35.1. The van der Waals surface area contributed by atoms with E-state index in [-0.39, 0.29) is 11.0 Å². The lowest BCUT2D eigenvalue weighted by atomic mass is 9.56. The summed E-state index contributed by atoms with van der Waals surface area (Å²) >= 11 is 0. The summed E-state index contributed by atoms with van der Waals surface area (Å²) in [5.74, 6) is 0.308. The molecule has 0 bridgehead atoms. The Morgan fingerprint density at radius 1 is 0.722 bits per heavy atom. The summed E-state index contributed by atoms with van der Waals surface area (Å²) in [5, 5.41) is 2.35. The van der Waals surface area contributed by atoms with Crippen molar-refractivity contribution >= 4 is 10.8 Å². The van der Waals surface area contributed by atoms with Gasteiger partial charge in [0.1, 0.15) is 5.92 Å². The van der Waals surface area contributed by atoms with Crippen molar-refractivity contribution in [3.63, 3.8) is 0 Å². The van der Waals surface area contributed by atoms with Crippen LogP contribution in [-0.2, 0) is 17.4 Å². The lowest BCUT2D eigenvalue weighted by molar-refractivity contribution is -0.816. The van der Waals surface area contributed by atoms with Crippen molar-refractivity contribution in [2.45, 2.75) is 77.3 Å². The predicted molar refractivity (Wildman–Crippen MR) is 218 cm³/mol. The first-order chi connectivity index (χ1) is 26.1. The average molecular weight is 703 g/mol. The molecule has 2 aliphatic heterocycles. The standard InChI is InChI=1S/C50H46N4/c1-31-18-22-53-45(24-31)40-11-7-8-12-41(40)48-47(53)28-50(48)20-9-10-34-13-14-35(26-42(34)46-27-36(49(4,5)6)19-23-54(46)50)37-15-16-38(44-29-51-21-17-39(37)44)43-30-52-33(3)25-32(43)2/h7-9,11-27,29-30,47-48H,10,28H2,1-6H3/q+2/b20-9+. The molecule has 7 aromatic rings. The number of rotatable bonds is 2. The van der Waals surface area contributed by atoms with Crippen LogP contribution in [0.25, 0.3) is 55.5 Å². The van der Waals surface area contributed by atoms with Crippen molar-refractivity contribution in [3.8, 4) is 44.8 Å². The van der Waals surface area contributed by atoms with Gasteiger partial charge in [0, 0.05) is 59.5 Å². The molecule has 1 fully saturated rings. The Kier molecular flexibility index (Phi) is 7.23. The molecule has 6 heterocycles. The number of hydrogen-bond acceptors (Lipinski definition) is 2. The largest absolute Gasteiger partial charge is 0.264 e. The van der Waals surface area contributed by atoms with Crippen molar-refractivity contribution < 1.29 is 9.13 Å². The van der Waals surface area contributed by atoms with E-state index in [9.17, 15) is 0 Å².